The number of allylic oxidation sites excluding steroid dienone is 5. The van der Waals surface area contributed by atoms with Crippen LogP contribution < -0.4 is 0 Å². The molecule has 1 unspecified atom stereocenters. The predicted octanol–water partition coefficient (Wildman–Crippen LogP) is 5.24. The van der Waals surface area contributed by atoms with Crippen LogP contribution in [0.4, 0.5) is 0 Å². The third-order valence-corrected chi connectivity index (χ3v) is 3.73. The maximum atomic E-state index is 5.37. The number of rotatable bonds is 7. The molecule has 0 radical (unpaired) electrons. The first-order valence-corrected chi connectivity index (χ1v) is 6.72. The molecule has 1 atom stereocenters. The van der Waals surface area contributed by atoms with Crippen molar-refractivity contribution >= 4 is 34.2 Å². The zero-order valence-electron chi connectivity index (χ0n) is 11.2. The van der Waals surface area contributed by atoms with E-state index in [4.69, 9.17) is 24.4 Å². The van der Waals surface area contributed by atoms with Crippen molar-refractivity contribution in [2.75, 3.05) is 0 Å². The van der Waals surface area contributed by atoms with Gasteiger partial charge in [-0.15, -0.1) is 0 Å². The Morgan fingerprint density at radius 3 is 2.24 bits per heavy atom. The second-order valence-corrected chi connectivity index (χ2v) is 5.49. The summed E-state index contributed by atoms with van der Waals surface area (Å²) in [5.74, 6) is 0.258. The minimum absolute atomic E-state index is 0.258. The van der Waals surface area contributed by atoms with E-state index in [9.17, 15) is 0 Å². The second kappa shape index (κ2) is 8.48. The first-order valence-electron chi connectivity index (χ1n) is 5.90. The molecule has 0 heterocycles. The smallest absolute Gasteiger partial charge is 0.0186 e. The molecule has 0 bridgehead atoms. The minimum Gasteiger partial charge on any atom is -0.0958 e. The number of hydrogen-bond acceptors (Lipinski definition) is 2. The molecule has 0 saturated heterocycles. The average molecular weight is 266 g/mol. The summed E-state index contributed by atoms with van der Waals surface area (Å²) in [7, 11) is 0. The van der Waals surface area contributed by atoms with E-state index in [1.165, 1.54) is 5.57 Å². The van der Waals surface area contributed by atoms with E-state index in [1.54, 1.807) is 0 Å². The highest BCUT2D eigenvalue weighted by Gasteiger charge is 2.10. The van der Waals surface area contributed by atoms with Gasteiger partial charge in [0, 0.05) is 10.8 Å². The number of thiocarbonyl (C=S) groups is 2. The fourth-order valence-electron chi connectivity index (χ4n) is 1.16. The highest BCUT2D eigenvalue weighted by atomic mass is 32.1. The SMILES string of the molecule is C=C(/C=C\C(C)=C/C)CCC(=S)C(C)C(C)=S. The average Bonchev–Trinajstić information content (AvgIpc) is 2.31. The molecule has 0 amide bonds. The summed E-state index contributed by atoms with van der Waals surface area (Å²) in [5.41, 5.74) is 2.36. The van der Waals surface area contributed by atoms with Gasteiger partial charge in [-0.3, -0.25) is 0 Å². The molecule has 0 aliphatic rings. The predicted molar refractivity (Wildman–Crippen MR) is 87.0 cm³/mol. The van der Waals surface area contributed by atoms with Gasteiger partial charge in [-0.05, 0) is 38.5 Å². The van der Waals surface area contributed by atoms with Gasteiger partial charge in [0.15, 0.2) is 0 Å². The Balaban J connectivity index is 4.13. The van der Waals surface area contributed by atoms with Crippen molar-refractivity contribution in [3.05, 3.63) is 36.0 Å². The molecule has 0 saturated carbocycles. The Bertz CT molecular complexity index is 359. The molecule has 0 aromatic heterocycles. The fraction of sp³-hybridized carbons (Fsp3) is 0.467. The lowest BCUT2D eigenvalue weighted by molar-refractivity contribution is 0.980. The van der Waals surface area contributed by atoms with Crippen molar-refractivity contribution in [2.45, 2.75) is 40.5 Å². The lowest BCUT2D eigenvalue weighted by Gasteiger charge is -2.11. The van der Waals surface area contributed by atoms with Gasteiger partial charge in [-0.1, -0.05) is 67.3 Å². The van der Waals surface area contributed by atoms with Crippen molar-refractivity contribution in [2.24, 2.45) is 5.92 Å². The van der Waals surface area contributed by atoms with Crippen LogP contribution in [0, 0.1) is 5.92 Å². The first-order chi connectivity index (χ1) is 7.88. The van der Waals surface area contributed by atoms with Gasteiger partial charge in [-0.2, -0.15) is 0 Å². The van der Waals surface area contributed by atoms with E-state index in [1.807, 2.05) is 13.8 Å². The zero-order chi connectivity index (χ0) is 13.4. The molecule has 0 fully saturated rings. The molecule has 0 aliphatic carbocycles. The van der Waals surface area contributed by atoms with Crippen LogP contribution in [0.15, 0.2) is 36.0 Å². The summed E-state index contributed by atoms with van der Waals surface area (Å²) in [5, 5.41) is 0. The van der Waals surface area contributed by atoms with Gasteiger partial charge in [0.25, 0.3) is 0 Å². The maximum absolute atomic E-state index is 5.37. The summed E-state index contributed by atoms with van der Waals surface area (Å²) in [6.07, 6.45) is 8.03. The van der Waals surface area contributed by atoms with E-state index in [0.717, 1.165) is 28.1 Å². The Morgan fingerprint density at radius 2 is 1.76 bits per heavy atom. The molecule has 0 nitrogen and oxygen atoms in total. The lowest BCUT2D eigenvalue weighted by Crippen LogP contribution is -2.15. The highest BCUT2D eigenvalue weighted by Crippen LogP contribution is 2.13. The summed E-state index contributed by atoms with van der Waals surface area (Å²) in [6, 6.07) is 0. The second-order valence-electron chi connectivity index (χ2n) is 4.32. The largest absolute Gasteiger partial charge is 0.0958 e. The molecule has 0 aromatic rings. The van der Waals surface area contributed by atoms with Crippen molar-refractivity contribution in [1.82, 2.24) is 0 Å². The van der Waals surface area contributed by atoms with Crippen LogP contribution in [0.2, 0.25) is 0 Å². The molecular weight excluding hydrogens is 244 g/mol. The summed E-state index contributed by atoms with van der Waals surface area (Å²) < 4.78 is 0. The van der Waals surface area contributed by atoms with Gasteiger partial charge in [0.2, 0.25) is 0 Å². The van der Waals surface area contributed by atoms with Crippen LogP contribution in [0.3, 0.4) is 0 Å². The van der Waals surface area contributed by atoms with Crippen LogP contribution in [-0.4, -0.2) is 9.73 Å². The third-order valence-electron chi connectivity index (χ3n) is 2.82. The monoisotopic (exact) mass is 266 g/mol. The van der Waals surface area contributed by atoms with Gasteiger partial charge in [-0.25, -0.2) is 0 Å². The van der Waals surface area contributed by atoms with Gasteiger partial charge in [0.05, 0.1) is 0 Å². The molecule has 0 spiro atoms. The minimum atomic E-state index is 0.258. The summed E-state index contributed by atoms with van der Waals surface area (Å²) in [4.78, 5) is 2.01. The third kappa shape index (κ3) is 7.35. The van der Waals surface area contributed by atoms with E-state index < -0.39 is 0 Å². The van der Waals surface area contributed by atoms with Crippen molar-refractivity contribution in [3.63, 3.8) is 0 Å². The maximum Gasteiger partial charge on any atom is 0.0186 e. The molecule has 0 aliphatic heterocycles. The van der Waals surface area contributed by atoms with Crippen molar-refractivity contribution < 1.29 is 0 Å². The Hall–Kier alpha value is -0.600. The Morgan fingerprint density at radius 1 is 1.18 bits per heavy atom. The highest BCUT2D eigenvalue weighted by molar-refractivity contribution is 7.82. The van der Waals surface area contributed by atoms with E-state index in [0.29, 0.717) is 0 Å². The number of hydrogen-bond donors (Lipinski definition) is 0. The molecule has 17 heavy (non-hydrogen) atoms. The zero-order valence-corrected chi connectivity index (χ0v) is 12.9. The molecule has 0 aromatic carbocycles. The van der Waals surface area contributed by atoms with Gasteiger partial charge >= 0.3 is 0 Å². The first kappa shape index (κ1) is 16.4. The van der Waals surface area contributed by atoms with Gasteiger partial charge in [0.1, 0.15) is 0 Å². The van der Waals surface area contributed by atoms with Gasteiger partial charge < -0.3 is 0 Å². The normalized spacial score (nSPS) is 13.8. The fourth-order valence-corrected chi connectivity index (χ4v) is 1.65. The molecule has 2 heteroatoms. The van der Waals surface area contributed by atoms with Crippen LogP contribution >= 0.6 is 24.4 Å². The summed E-state index contributed by atoms with van der Waals surface area (Å²) >= 11 is 10.5. The topological polar surface area (TPSA) is 0 Å². The Kier molecular flexibility index (Phi) is 8.19. The summed E-state index contributed by atoms with van der Waals surface area (Å²) in [6.45, 7) is 12.2. The van der Waals surface area contributed by atoms with Crippen molar-refractivity contribution in [3.8, 4) is 0 Å². The van der Waals surface area contributed by atoms with Crippen LogP contribution in [0.25, 0.3) is 0 Å². The van der Waals surface area contributed by atoms with Crippen LogP contribution in [-0.2, 0) is 0 Å². The molecular formula is C15H22S2. The Labute approximate surface area is 116 Å². The quantitative estimate of drug-likeness (QED) is 0.456. The standard InChI is InChI=1S/C15H22S2/c1-6-11(2)7-8-12(3)9-10-15(17)13(4)14(5)16/h6-8,13H,3,9-10H2,1-2,4-5H3/b8-7-,11-6-. The van der Waals surface area contributed by atoms with Crippen LogP contribution in [0.5, 0.6) is 0 Å². The molecule has 94 valence electrons. The van der Waals surface area contributed by atoms with E-state index >= 15 is 0 Å². The van der Waals surface area contributed by atoms with E-state index in [2.05, 4.69) is 38.7 Å². The van der Waals surface area contributed by atoms with Crippen molar-refractivity contribution in [1.29, 1.82) is 0 Å². The molecule has 0 rings (SSSR count). The van der Waals surface area contributed by atoms with Crippen LogP contribution in [0.1, 0.15) is 40.5 Å². The molecule has 0 N–H and O–H groups in total. The lowest BCUT2D eigenvalue weighted by atomic mass is 9.99. The van der Waals surface area contributed by atoms with E-state index in [-0.39, 0.29) is 5.92 Å².